The molecule has 4 heterocycles. The van der Waals surface area contributed by atoms with Gasteiger partial charge in [-0.3, -0.25) is 8.97 Å². The topological polar surface area (TPSA) is 32.1 Å². The van der Waals surface area contributed by atoms with E-state index in [9.17, 15) is 0 Å². The number of para-hydroxylation sites is 7. The first-order valence-corrected chi connectivity index (χ1v) is 25.0. The Bertz CT molecular complexity index is 4070. The maximum atomic E-state index is 5.54. The standard InChI is InChI=1S/C61H41N5Si/c1-4-20-43(21-5-1)67(44-22-6-2-7-23-44,45-24-8-3-9-25-45)46-37-38-51-60(41-46)66-59-35-19-18-34-58(59)65(61(66)62-51)57-33-17-16-32-56(57)64-54-31-15-12-28-49(54)50-40-42(36-39-55(50)64)63-52-29-13-10-26-47(52)48-27-11-14-30-53(48)63/h1-41H. The van der Waals surface area contributed by atoms with E-state index in [0.717, 1.165) is 55.9 Å². The Kier molecular flexibility index (Phi) is 8.23. The first kappa shape index (κ1) is 37.6. The highest BCUT2D eigenvalue weighted by Gasteiger charge is 2.41. The molecule has 14 rings (SSSR count). The number of benzene rings is 10. The molecule has 0 fully saturated rings. The first-order valence-electron chi connectivity index (χ1n) is 23.0. The van der Waals surface area contributed by atoms with Crippen LogP contribution < -0.4 is 20.7 Å². The molecule has 10 aromatic carbocycles. The summed E-state index contributed by atoms with van der Waals surface area (Å²) in [6.45, 7) is 0. The molecule has 0 spiro atoms. The Labute approximate surface area is 387 Å². The molecule has 0 atom stereocenters. The molecule has 67 heavy (non-hydrogen) atoms. The summed E-state index contributed by atoms with van der Waals surface area (Å²) in [5.74, 6) is 0.876. The average Bonchev–Trinajstić information content (AvgIpc) is 4.13. The number of rotatable bonds is 7. The van der Waals surface area contributed by atoms with Crippen LogP contribution in [0.5, 0.6) is 0 Å². The Morgan fingerprint density at radius 1 is 0.284 bits per heavy atom. The molecule has 0 bridgehead atoms. The quantitative estimate of drug-likeness (QED) is 0.116. The highest BCUT2D eigenvalue weighted by Crippen LogP contribution is 2.39. The Balaban J connectivity index is 1.01. The minimum absolute atomic E-state index is 0.876. The zero-order valence-corrected chi connectivity index (χ0v) is 37.4. The maximum Gasteiger partial charge on any atom is 0.220 e. The van der Waals surface area contributed by atoms with Crippen molar-refractivity contribution in [3.8, 4) is 17.1 Å². The van der Waals surface area contributed by atoms with Crippen LogP contribution >= 0.6 is 0 Å². The zero-order chi connectivity index (χ0) is 44.1. The number of hydrogen-bond donors (Lipinski definition) is 0. The Morgan fingerprint density at radius 2 is 0.731 bits per heavy atom. The summed E-state index contributed by atoms with van der Waals surface area (Å²) in [6, 6.07) is 91.3. The van der Waals surface area contributed by atoms with E-state index in [-0.39, 0.29) is 0 Å². The van der Waals surface area contributed by atoms with Gasteiger partial charge in [0.2, 0.25) is 5.78 Å². The fraction of sp³-hybridized carbons (Fsp3) is 0. The second-order valence-corrected chi connectivity index (χ2v) is 21.3. The monoisotopic (exact) mass is 871 g/mol. The van der Waals surface area contributed by atoms with Gasteiger partial charge in [0.25, 0.3) is 0 Å². The third-order valence-corrected chi connectivity index (χ3v) is 18.9. The van der Waals surface area contributed by atoms with E-state index >= 15 is 0 Å². The molecule has 0 N–H and O–H groups in total. The number of fused-ring (bicyclic) bond motifs is 11. The van der Waals surface area contributed by atoms with Crippen LogP contribution in [0.4, 0.5) is 0 Å². The molecule has 0 aliphatic rings. The molecular formula is C61H41N5Si. The Morgan fingerprint density at radius 3 is 1.31 bits per heavy atom. The fourth-order valence-corrected chi connectivity index (χ4v) is 16.1. The van der Waals surface area contributed by atoms with Crippen LogP contribution in [-0.4, -0.2) is 31.2 Å². The molecule has 5 nitrogen and oxygen atoms in total. The molecule has 0 radical (unpaired) electrons. The lowest BCUT2D eigenvalue weighted by Crippen LogP contribution is -2.74. The lowest BCUT2D eigenvalue weighted by molar-refractivity contribution is 1.06. The van der Waals surface area contributed by atoms with E-state index in [1.54, 1.807) is 0 Å². The van der Waals surface area contributed by atoms with Gasteiger partial charge in [-0.1, -0.05) is 176 Å². The van der Waals surface area contributed by atoms with Crippen LogP contribution in [0.3, 0.4) is 0 Å². The summed E-state index contributed by atoms with van der Waals surface area (Å²) in [4.78, 5) is 5.54. The van der Waals surface area contributed by atoms with Crippen molar-refractivity contribution < 1.29 is 0 Å². The van der Waals surface area contributed by atoms with Crippen molar-refractivity contribution in [2.75, 3.05) is 0 Å². The molecular weight excluding hydrogens is 831 g/mol. The van der Waals surface area contributed by atoms with Crippen molar-refractivity contribution in [1.29, 1.82) is 0 Å². The van der Waals surface area contributed by atoms with Crippen LogP contribution in [0.25, 0.3) is 88.5 Å². The van der Waals surface area contributed by atoms with Gasteiger partial charge in [-0.2, -0.15) is 0 Å². The summed E-state index contributed by atoms with van der Waals surface area (Å²) in [5, 5.41) is 10.3. The summed E-state index contributed by atoms with van der Waals surface area (Å²) in [6.07, 6.45) is 0. The lowest BCUT2D eigenvalue weighted by atomic mass is 10.1. The van der Waals surface area contributed by atoms with Crippen molar-refractivity contribution in [2.24, 2.45) is 0 Å². The highest BCUT2D eigenvalue weighted by molar-refractivity contribution is 7.20. The maximum absolute atomic E-state index is 5.54. The van der Waals surface area contributed by atoms with Crippen molar-refractivity contribution in [3.63, 3.8) is 0 Å². The average molecular weight is 872 g/mol. The first-order chi connectivity index (χ1) is 33.3. The van der Waals surface area contributed by atoms with Gasteiger partial charge in [-0.05, 0) is 93.5 Å². The smallest absolute Gasteiger partial charge is 0.220 e. The molecule has 6 heteroatoms. The predicted molar refractivity (Wildman–Crippen MR) is 282 cm³/mol. The number of imidazole rings is 2. The largest absolute Gasteiger partial charge is 0.309 e. The minimum Gasteiger partial charge on any atom is -0.309 e. The second-order valence-electron chi connectivity index (χ2n) is 17.5. The second kappa shape index (κ2) is 14.7. The predicted octanol–water partition coefficient (Wildman–Crippen LogP) is 12.0. The SMILES string of the molecule is c1ccc([Si](c2ccccc2)(c2ccccc2)c2ccc3nc4n(-c5ccccc5-n5c6ccccc6c6cc(-n7c8ccccc8c8ccccc87)ccc65)c5ccccc5n4c3c2)cc1. The summed E-state index contributed by atoms with van der Waals surface area (Å²) < 4.78 is 9.61. The molecule has 0 aliphatic carbocycles. The number of hydrogen-bond acceptors (Lipinski definition) is 1. The molecule has 0 saturated carbocycles. The van der Waals surface area contributed by atoms with Gasteiger partial charge >= 0.3 is 0 Å². The van der Waals surface area contributed by atoms with E-state index in [1.165, 1.54) is 53.3 Å². The molecule has 4 aromatic heterocycles. The molecule has 14 aromatic rings. The van der Waals surface area contributed by atoms with Crippen LogP contribution in [0.2, 0.25) is 0 Å². The minimum atomic E-state index is -2.80. The third-order valence-electron chi connectivity index (χ3n) is 14.1. The van der Waals surface area contributed by atoms with Gasteiger partial charge in [-0.25, -0.2) is 4.98 Å². The third kappa shape index (κ3) is 5.39. The van der Waals surface area contributed by atoms with Crippen LogP contribution in [0, 0.1) is 0 Å². The van der Waals surface area contributed by atoms with Gasteiger partial charge in [0.15, 0.2) is 8.07 Å². The van der Waals surface area contributed by atoms with Crippen LogP contribution in [0.1, 0.15) is 0 Å². The highest BCUT2D eigenvalue weighted by atomic mass is 28.3. The zero-order valence-electron chi connectivity index (χ0n) is 36.4. The molecule has 0 unspecified atom stereocenters. The van der Waals surface area contributed by atoms with E-state index in [4.69, 9.17) is 4.98 Å². The molecule has 314 valence electrons. The van der Waals surface area contributed by atoms with E-state index < -0.39 is 8.07 Å². The van der Waals surface area contributed by atoms with Crippen molar-refractivity contribution in [2.45, 2.75) is 0 Å². The fourth-order valence-electron chi connectivity index (χ4n) is 11.3. The normalized spacial score (nSPS) is 12.2. The van der Waals surface area contributed by atoms with Gasteiger partial charge in [0, 0.05) is 27.2 Å². The summed E-state index contributed by atoms with van der Waals surface area (Å²) in [7, 11) is -2.80. The van der Waals surface area contributed by atoms with E-state index in [1.807, 2.05) is 0 Å². The van der Waals surface area contributed by atoms with Crippen molar-refractivity contribution in [3.05, 3.63) is 249 Å². The summed E-state index contributed by atoms with van der Waals surface area (Å²) in [5.41, 5.74) is 12.2. The number of nitrogens with zero attached hydrogens (tertiary/aromatic N) is 5. The van der Waals surface area contributed by atoms with Gasteiger partial charge in [0.05, 0.1) is 55.5 Å². The molecule has 0 aliphatic heterocycles. The number of aromatic nitrogens is 5. The Hall–Kier alpha value is -8.71. The van der Waals surface area contributed by atoms with Gasteiger partial charge in [0.1, 0.15) is 0 Å². The van der Waals surface area contributed by atoms with Crippen LogP contribution in [-0.2, 0) is 0 Å². The van der Waals surface area contributed by atoms with Gasteiger partial charge in [-0.15, -0.1) is 0 Å². The van der Waals surface area contributed by atoms with Crippen molar-refractivity contribution >= 4 is 100 Å². The van der Waals surface area contributed by atoms with Crippen molar-refractivity contribution in [1.82, 2.24) is 23.1 Å². The molecule has 0 saturated heterocycles. The lowest BCUT2D eigenvalue weighted by Gasteiger charge is -2.34. The van der Waals surface area contributed by atoms with E-state index in [2.05, 4.69) is 267 Å². The molecule has 0 amide bonds. The van der Waals surface area contributed by atoms with Gasteiger partial charge < -0.3 is 9.13 Å². The van der Waals surface area contributed by atoms with E-state index in [0.29, 0.717) is 0 Å². The summed E-state index contributed by atoms with van der Waals surface area (Å²) >= 11 is 0. The van der Waals surface area contributed by atoms with Crippen LogP contribution in [0.15, 0.2) is 249 Å².